The second-order valence-electron chi connectivity index (χ2n) is 4.48. The van der Waals surface area contributed by atoms with E-state index in [-0.39, 0.29) is 12.0 Å². The summed E-state index contributed by atoms with van der Waals surface area (Å²) in [7, 11) is 0. The van der Waals surface area contributed by atoms with Crippen molar-refractivity contribution < 1.29 is 4.74 Å². The van der Waals surface area contributed by atoms with Gasteiger partial charge in [-0.1, -0.05) is 18.2 Å². The molecule has 1 aliphatic heterocycles. The summed E-state index contributed by atoms with van der Waals surface area (Å²) in [6.45, 7) is 4.80. The van der Waals surface area contributed by atoms with E-state index in [1.807, 2.05) is 32.0 Å². The monoisotopic (exact) mass is 233 g/mol. The van der Waals surface area contributed by atoms with E-state index in [2.05, 4.69) is 16.5 Å². The van der Waals surface area contributed by atoms with E-state index < -0.39 is 0 Å². The number of aliphatic imine (C=N–C) groups is 1. The number of nitrogens with one attached hydrogen (secondary N) is 1. The molecule has 0 amide bonds. The predicted octanol–water partition coefficient (Wildman–Crippen LogP) is 1.82. The minimum absolute atomic E-state index is 0.215. The van der Waals surface area contributed by atoms with Crippen molar-refractivity contribution in [2.45, 2.75) is 32.2 Å². The first-order valence-corrected chi connectivity index (χ1v) is 5.98. The average Bonchev–Trinajstić information content (AvgIpc) is 2.35. The van der Waals surface area contributed by atoms with E-state index in [4.69, 9.17) is 10.6 Å². The lowest BCUT2D eigenvalue weighted by atomic mass is 9.92. The molecule has 0 aliphatic carbocycles. The molecule has 1 aromatic rings. The Labute approximate surface area is 102 Å². The number of hydrogen-bond donors (Lipinski definition) is 2. The van der Waals surface area contributed by atoms with Gasteiger partial charge in [0.15, 0.2) is 0 Å². The fourth-order valence-electron chi connectivity index (χ4n) is 2.13. The lowest BCUT2D eigenvalue weighted by Gasteiger charge is -2.27. The molecule has 1 aliphatic rings. The zero-order valence-corrected chi connectivity index (χ0v) is 10.3. The van der Waals surface area contributed by atoms with Crippen LogP contribution in [0.1, 0.15) is 31.7 Å². The number of hydrazine groups is 1. The third kappa shape index (κ3) is 2.58. The summed E-state index contributed by atoms with van der Waals surface area (Å²) >= 11 is 0. The first-order chi connectivity index (χ1) is 8.22. The molecule has 1 unspecified atom stereocenters. The summed E-state index contributed by atoms with van der Waals surface area (Å²) in [5.41, 5.74) is 3.90. The zero-order chi connectivity index (χ0) is 12.3. The number of ether oxygens (including phenoxy) is 1. The fourth-order valence-corrected chi connectivity index (χ4v) is 2.13. The molecular formula is C13H19N3O. The molecule has 17 heavy (non-hydrogen) atoms. The predicted molar refractivity (Wildman–Crippen MR) is 69.2 cm³/mol. The number of amidine groups is 1. The van der Waals surface area contributed by atoms with Crippen molar-refractivity contribution in [3.8, 4) is 5.75 Å². The second kappa shape index (κ2) is 5.19. The maximum absolute atomic E-state index is 5.63. The summed E-state index contributed by atoms with van der Waals surface area (Å²) in [5, 5.41) is 0. The topological polar surface area (TPSA) is 59.6 Å². The van der Waals surface area contributed by atoms with Crippen molar-refractivity contribution in [1.29, 1.82) is 0 Å². The van der Waals surface area contributed by atoms with E-state index in [0.29, 0.717) is 6.61 Å². The van der Waals surface area contributed by atoms with E-state index in [0.717, 1.165) is 23.6 Å². The SMILES string of the molecule is CC(C)N=C(NN)C1CCOc2ccccc21. The Kier molecular flexibility index (Phi) is 3.64. The van der Waals surface area contributed by atoms with Gasteiger partial charge < -0.3 is 10.2 Å². The highest BCUT2D eigenvalue weighted by Gasteiger charge is 2.25. The molecule has 0 fully saturated rings. The van der Waals surface area contributed by atoms with Crippen LogP contribution in [0.15, 0.2) is 29.3 Å². The van der Waals surface area contributed by atoms with Gasteiger partial charge in [0.25, 0.3) is 0 Å². The van der Waals surface area contributed by atoms with Crippen molar-refractivity contribution in [2.75, 3.05) is 6.61 Å². The Morgan fingerprint density at radius 1 is 1.47 bits per heavy atom. The van der Waals surface area contributed by atoms with Crippen molar-refractivity contribution in [2.24, 2.45) is 10.8 Å². The first kappa shape index (κ1) is 11.9. The molecule has 0 aromatic heterocycles. The number of nitrogens with zero attached hydrogens (tertiary/aromatic N) is 1. The van der Waals surface area contributed by atoms with Crippen LogP contribution in [0.4, 0.5) is 0 Å². The van der Waals surface area contributed by atoms with Gasteiger partial charge in [-0.2, -0.15) is 0 Å². The number of para-hydroxylation sites is 1. The van der Waals surface area contributed by atoms with Crippen LogP contribution in [0, 0.1) is 0 Å². The standard InChI is InChI=1S/C13H19N3O/c1-9(2)15-13(16-14)11-7-8-17-12-6-4-3-5-10(11)12/h3-6,9,11H,7-8,14H2,1-2H3,(H,15,16). The third-order valence-electron chi connectivity index (χ3n) is 2.83. The van der Waals surface area contributed by atoms with Crippen molar-refractivity contribution in [3.05, 3.63) is 29.8 Å². The molecule has 0 bridgehead atoms. The summed E-state index contributed by atoms with van der Waals surface area (Å²) in [5.74, 6) is 7.59. The Morgan fingerprint density at radius 2 is 2.24 bits per heavy atom. The van der Waals surface area contributed by atoms with Crippen LogP contribution < -0.4 is 16.0 Å². The van der Waals surface area contributed by atoms with Crippen molar-refractivity contribution >= 4 is 5.84 Å². The highest BCUT2D eigenvalue weighted by Crippen LogP contribution is 2.33. The Bertz CT molecular complexity index is 415. The largest absolute Gasteiger partial charge is 0.493 e. The summed E-state index contributed by atoms with van der Waals surface area (Å²) < 4.78 is 5.63. The lowest BCUT2D eigenvalue weighted by molar-refractivity contribution is 0.281. The average molecular weight is 233 g/mol. The molecule has 1 atom stereocenters. The van der Waals surface area contributed by atoms with Crippen LogP contribution in [-0.4, -0.2) is 18.5 Å². The van der Waals surface area contributed by atoms with Gasteiger partial charge in [0.05, 0.1) is 6.61 Å². The summed E-state index contributed by atoms with van der Waals surface area (Å²) in [6, 6.07) is 8.30. The summed E-state index contributed by atoms with van der Waals surface area (Å²) in [6.07, 6.45) is 0.909. The number of rotatable bonds is 2. The third-order valence-corrected chi connectivity index (χ3v) is 2.83. The van der Waals surface area contributed by atoms with E-state index >= 15 is 0 Å². The molecule has 4 heteroatoms. The van der Waals surface area contributed by atoms with E-state index in [1.165, 1.54) is 0 Å². The van der Waals surface area contributed by atoms with Crippen LogP contribution >= 0.6 is 0 Å². The van der Waals surface area contributed by atoms with Gasteiger partial charge in [-0.05, 0) is 26.3 Å². The molecule has 0 spiro atoms. The molecule has 2 rings (SSSR count). The second-order valence-corrected chi connectivity index (χ2v) is 4.48. The van der Waals surface area contributed by atoms with Gasteiger partial charge >= 0.3 is 0 Å². The molecule has 92 valence electrons. The number of benzene rings is 1. The highest BCUT2D eigenvalue weighted by atomic mass is 16.5. The van der Waals surface area contributed by atoms with Gasteiger partial charge in [-0.25, -0.2) is 5.84 Å². The van der Waals surface area contributed by atoms with Gasteiger partial charge in [0.1, 0.15) is 11.6 Å². The maximum Gasteiger partial charge on any atom is 0.123 e. The number of hydrogen-bond acceptors (Lipinski definition) is 3. The lowest BCUT2D eigenvalue weighted by Crippen LogP contribution is -2.37. The normalized spacial score (nSPS) is 19.8. The Balaban J connectivity index is 2.34. The van der Waals surface area contributed by atoms with Gasteiger partial charge in [-0.15, -0.1) is 0 Å². The summed E-state index contributed by atoms with van der Waals surface area (Å²) in [4.78, 5) is 4.54. The van der Waals surface area contributed by atoms with Crippen molar-refractivity contribution in [1.82, 2.24) is 5.43 Å². The van der Waals surface area contributed by atoms with Gasteiger partial charge in [0, 0.05) is 17.5 Å². The minimum Gasteiger partial charge on any atom is -0.493 e. The minimum atomic E-state index is 0.215. The van der Waals surface area contributed by atoms with Crippen LogP contribution in [0.2, 0.25) is 0 Å². The molecule has 0 radical (unpaired) electrons. The van der Waals surface area contributed by atoms with Crippen LogP contribution in [-0.2, 0) is 0 Å². The van der Waals surface area contributed by atoms with Crippen molar-refractivity contribution in [3.63, 3.8) is 0 Å². The maximum atomic E-state index is 5.63. The molecule has 3 N–H and O–H groups in total. The molecule has 1 aromatic carbocycles. The highest BCUT2D eigenvalue weighted by molar-refractivity contribution is 5.89. The van der Waals surface area contributed by atoms with Gasteiger partial charge in [-0.3, -0.25) is 4.99 Å². The number of fused-ring (bicyclic) bond motifs is 1. The van der Waals surface area contributed by atoms with Crippen LogP contribution in [0.5, 0.6) is 5.75 Å². The molecule has 4 nitrogen and oxygen atoms in total. The molecule has 1 heterocycles. The van der Waals surface area contributed by atoms with E-state index in [1.54, 1.807) is 0 Å². The number of nitrogens with two attached hydrogens (primary N) is 1. The quantitative estimate of drug-likeness (QED) is 0.354. The fraction of sp³-hybridized carbons (Fsp3) is 0.462. The zero-order valence-electron chi connectivity index (χ0n) is 10.3. The Hall–Kier alpha value is -1.55. The Morgan fingerprint density at radius 3 is 2.94 bits per heavy atom. The van der Waals surface area contributed by atoms with Gasteiger partial charge in [0.2, 0.25) is 0 Å². The smallest absolute Gasteiger partial charge is 0.123 e. The molecule has 0 saturated heterocycles. The van der Waals surface area contributed by atoms with Crippen LogP contribution in [0.3, 0.4) is 0 Å². The van der Waals surface area contributed by atoms with E-state index in [9.17, 15) is 0 Å². The first-order valence-electron chi connectivity index (χ1n) is 5.98. The van der Waals surface area contributed by atoms with Crippen LogP contribution in [0.25, 0.3) is 0 Å². The molecular weight excluding hydrogens is 214 g/mol. The molecule has 0 saturated carbocycles.